The van der Waals surface area contributed by atoms with E-state index in [9.17, 15) is 0 Å². The van der Waals surface area contributed by atoms with Crippen LogP contribution in [0.15, 0.2) is 18.3 Å². The molecule has 0 amide bonds. The fourth-order valence-corrected chi connectivity index (χ4v) is 2.41. The van der Waals surface area contributed by atoms with Gasteiger partial charge in [-0.3, -0.25) is 0 Å². The lowest BCUT2D eigenvalue weighted by atomic mass is 10.3. The molecule has 1 saturated heterocycles. The summed E-state index contributed by atoms with van der Waals surface area (Å²) in [5, 5.41) is 4.46. The molecule has 0 unspecified atom stereocenters. The maximum Gasteiger partial charge on any atom is 0.178 e. The van der Waals surface area contributed by atoms with Crippen LogP contribution >= 0.6 is 0 Å². The zero-order chi connectivity index (χ0) is 13.2. The Morgan fingerprint density at radius 2 is 2.05 bits per heavy atom. The Morgan fingerprint density at radius 1 is 1.26 bits per heavy atom. The molecule has 1 aliphatic rings. The van der Waals surface area contributed by atoms with Crippen LogP contribution in [0.1, 0.15) is 5.82 Å². The maximum absolute atomic E-state index is 5.88. The molecule has 0 radical (unpaired) electrons. The summed E-state index contributed by atoms with van der Waals surface area (Å²) in [5.41, 5.74) is 7.33. The number of nitrogens with zero attached hydrogens (tertiary/aromatic N) is 5. The van der Waals surface area contributed by atoms with E-state index in [4.69, 9.17) is 5.73 Å². The van der Waals surface area contributed by atoms with Gasteiger partial charge in [0.1, 0.15) is 0 Å². The molecule has 102 valence electrons. The Morgan fingerprint density at radius 3 is 2.79 bits per heavy atom. The second-order valence-corrected chi connectivity index (χ2v) is 5.15. The van der Waals surface area contributed by atoms with Gasteiger partial charge in [0.05, 0.1) is 5.69 Å². The van der Waals surface area contributed by atoms with Gasteiger partial charge in [-0.05, 0) is 19.2 Å². The molecule has 1 aliphatic heterocycles. The lowest BCUT2D eigenvalue weighted by Gasteiger charge is -2.31. The first kappa shape index (κ1) is 12.4. The van der Waals surface area contributed by atoms with Crippen LogP contribution in [0.3, 0.4) is 0 Å². The minimum absolute atomic E-state index is 0.681. The number of pyridine rings is 1. The van der Waals surface area contributed by atoms with Crippen molar-refractivity contribution in [3.8, 4) is 0 Å². The van der Waals surface area contributed by atoms with Gasteiger partial charge in [0, 0.05) is 45.3 Å². The van der Waals surface area contributed by atoms with Crippen LogP contribution in [-0.4, -0.2) is 64.2 Å². The van der Waals surface area contributed by atoms with E-state index < -0.39 is 0 Å². The third-order valence-corrected chi connectivity index (χ3v) is 3.68. The highest BCUT2D eigenvalue weighted by Crippen LogP contribution is 2.10. The minimum atomic E-state index is 0.681. The van der Waals surface area contributed by atoms with Crippen molar-refractivity contribution in [2.24, 2.45) is 0 Å². The summed E-state index contributed by atoms with van der Waals surface area (Å²) in [6.45, 7) is 5.57. The van der Waals surface area contributed by atoms with Gasteiger partial charge >= 0.3 is 0 Å². The van der Waals surface area contributed by atoms with E-state index in [2.05, 4.69) is 26.9 Å². The smallest absolute Gasteiger partial charge is 0.178 e. The van der Waals surface area contributed by atoms with Gasteiger partial charge in [0.15, 0.2) is 11.5 Å². The molecule has 2 aromatic rings. The van der Waals surface area contributed by atoms with Crippen molar-refractivity contribution in [3.05, 3.63) is 24.2 Å². The van der Waals surface area contributed by atoms with Gasteiger partial charge < -0.3 is 15.5 Å². The first-order valence-electron chi connectivity index (χ1n) is 6.73. The fraction of sp³-hybridized carbons (Fsp3) is 0.538. The molecule has 0 spiro atoms. The lowest BCUT2D eigenvalue weighted by molar-refractivity contribution is 0.155. The normalized spacial score (nSPS) is 18.2. The topological polar surface area (TPSA) is 62.7 Å². The Bertz CT molecular complexity index is 555. The molecule has 0 atom stereocenters. The van der Waals surface area contributed by atoms with Gasteiger partial charge in [-0.1, -0.05) is 0 Å². The number of fused-ring (bicyclic) bond motifs is 1. The molecule has 6 heteroatoms. The largest absolute Gasteiger partial charge is 0.396 e. The first-order valence-corrected chi connectivity index (χ1v) is 6.73. The lowest BCUT2D eigenvalue weighted by Crippen LogP contribution is -2.45. The van der Waals surface area contributed by atoms with Gasteiger partial charge in [-0.25, -0.2) is 9.50 Å². The molecule has 0 bridgehead atoms. The predicted molar refractivity (Wildman–Crippen MR) is 75.0 cm³/mol. The van der Waals surface area contributed by atoms with Crippen LogP contribution in [0.25, 0.3) is 5.65 Å². The van der Waals surface area contributed by atoms with Gasteiger partial charge in [-0.2, -0.15) is 5.10 Å². The molecule has 0 saturated carbocycles. The second kappa shape index (κ2) is 5.14. The zero-order valence-corrected chi connectivity index (χ0v) is 11.3. The number of hydrogen-bond acceptors (Lipinski definition) is 5. The molecule has 1 fully saturated rings. The van der Waals surface area contributed by atoms with E-state index in [1.807, 2.05) is 18.3 Å². The van der Waals surface area contributed by atoms with Gasteiger partial charge in [0.25, 0.3) is 0 Å². The molecular formula is C13H20N6. The standard InChI is InChI=1S/C13H20N6/c1-17-7-9-18(10-8-17)6-4-12-15-13-11(14)3-2-5-19(13)16-12/h2-3,5H,4,6-10,14H2,1H3. The summed E-state index contributed by atoms with van der Waals surface area (Å²) in [5.74, 6) is 0.872. The number of aromatic nitrogens is 3. The van der Waals surface area contributed by atoms with Crippen LogP contribution < -0.4 is 5.73 Å². The Hall–Kier alpha value is -1.66. The summed E-state index contributed by atoms with van der Waals surface area (Å²) in [6.07, 6.45) is 2.77. The van der Waals surface area contributed by atoms with E-state index >= 15 is 0 Å². The summed E-state index contributed by atoms with van der Waals surface area (Å²) >= 11 is 0. The number of anilines is 1. The summed E-state index contributed by atoms with van der Waals surface area (Å²) in [6, 6.07) is 3.75. The van der Waals surface area contributed by atoms with E-state index in [0.717, 1.165) is 50.6 Å². The number of rotatable bonds is 3. The zero-order valence-electron chi connectivity index (χ0n) is 11.3. The Balaban J connectivity index is 1.64. The monoisotopic (exact) mass is 260 g/mol. The summed E-state index contributed by atoms with van der Waals surface area (Å²) in [4.78, 5) is 9.33. The van der Waals surface area contributed by atoms with Crippen molar-refractivity contribution in [1.29, 1.82) is 0 Å². The molecule has 19 heavy (non-hydrogen) atoms. The third-order valence-electron chi connectivity index (χ3n) is 3.68. The molecule has 3 heterocycles. The molecule has 6 nitrogen and oxygen atoms in total. The number of likely N-dealkylation sites (N-methyl/N-ethyl adjacent to an activating group) is 1. The highest BCUT2D eigenvalue weighted by atomic mass is 15.3. The minimum Gasteiger partial charge on any atom is -0.396 e. The van der Waals surface area contributed by atoms with Crippen molar-refractivity contribution in [2.45, 2.75) is 6.42 Å². The SMILES string of the molecule is CN1CCN(CCc2nc3c(N)cccn3n2)CC1. The van der Waals surface area contributed by atoms with Crippen molar-refractivity contribution in [3.63, 3.8) is 0 Å². The van der Waals surface area contributed by atoms with Crippen molar-refractivity contribution < 1.29 is 0 Å². The maximum atomic E-state index is 5.88. The number of piperazine rings is 1. The molecule has 2 N–H and O–H groups in total. The predicted octanol–water partition coefficient (Wildman–Crippen LogP) is 0.101. The third kappa shape index (κ3) is 2.69. The Labute approximate surface area is 112 Å². The van der Waals surface area contributed by atoms with Crippen LogP contribution in [0, 0.1) is 0 Å². The quantitative estimate of drug-likeness (QED) is 0.848. The highest BCUT2D eigenvalue weighted by Gasteiger charge is 2.14. The van der Waals surface area contributed by atoms with E-state index in [0.29, 0.717) is 5.69 Å². The number of nitrogens with two attached hydrogens (primary N) is 1. The van der Waals surface area contributed by atoms with Crippen LogP contribution in [0.2, 0.25) is 0 Å². The van der Waals surface area contributed by atoms with Crippen LogP contribution in [0.5, 0.6) is 0 Å². The van der Waals surface area contributed by atoms with E-state index in [-0.39, 0.29) is 0 Å². The summed E-state index contributed by atoms with van der Waals surface area (Å²) in [7, 11) is 2.17. The first-order chi connectivity index (χ1) is 9.22. The number of hydrogen-bond donors (Lipinski definition) is 1. The summed E-state index contributed by atoms with van der Waals surface area (Å²) < 4.78 is 1.76. The van der Waals surface area contributed by atoms with Crippen LogP contribution in [-0.2, 0) is 6.42 Å². The second-order valence-electron chi connectivity index (χ2n) is 5.15. The van der Waals surface area contributed by atoms with Crippen molar-refractivity contribution >= 4 is 11.3 Å². The molecule has 0 aliphatic carbocycles. The van der Waals surface area contributed by atoms with Gasteiger partial charge in [0.2, 0.25) is 0 Å². The fourth-order valence-electron chi connectivity index (χ4n) is 2.41. The molecule has 3 rings (SSSR count). The Kier molecular flexibility index (Phi) is 3.35. The average Bonchev–Trinajstić information content (AvgIpc) is 2.83. The highest BCUT2D eigenvalue weighted by molar-refractivity contribution is 5.63. The molecule has 2 aromatic heterocycles. The van der Waals surface area contributed by atoms with Crippen molar-refractivity contribution in [1.82, 2.24) is 24.4 Å². The van der Waals surface area contributed by atoms with Crippen molar-refractivity contribution in [2.75, 3.05) is 45.5 Å². The van der Waals surface area contributed by atoms with E-state index in [1.165, 1.54) is 0 Å². The van der Waals surface area contributed by atoms with E-state index in [1.54, 1.807) is 4.52 Å². The molecule has 0 aromatic carbocycles. The molecular weight excluding hydrogens is 240 g/mol. The average molecular weight is 260 g/mol. The van der Waals surface area contributed by atoms with Crippen LogP contribution in [0.4, 0.5) is 5.69 Å². The van der Waals surface area contributed by atoms with Gasteiger partial charge in [-0.15, -0.1) is 0 Å². The number of nitrogen functional groups attached to an aromatic ring is 1.